The van der Waals surface area contributed by atoms with Gasteiger partial charge in [-0.15, -0.1) is 0 Å². The lowest BCUT2D eigenvalue weighted by molar-refractivity contribution is -0.139. The maximum Gasteiger partial charge on any atom is 0.341 e. The number of hydrogen-bond donors (Lipinski definition) is 3. The summed E-state index contributed by atoms with van der Waals surface area (Å²) in [6, 6.07) is 14.8. The fraction of sp³-hybridized carbons (Fsp3) is 0.167. The number of carboxylic acid groups (broad SMARTS) is 1. The molecule has 0 atom stereocenters. The molecule has 0 spiro atoms. The molecule has 34 heavy (non-hydrogen) atoms. The molecule has 10 heteroatoms. The molecular formula is C24H22N2O7S. The topological polar surface area (TPSA) is 149 Å². The molecule has 1 amide bonds. The number of fused-ring (bicyclic) bond motifs is 3. The van der Waals surface area contributed by atoms with E-state index in [4.69, 9.17) is 15.6 Å². The fourth-order valence-corrected chi connectivity index (χ4v) is 4.75. The number of carbonyl (C=O) groups excluding carboxylic acids is 1. The van der Waals surface area contributed by atoms with Crippen LogP contribution < -0.4 is 10.5 Å². The lowest BCUT2D eigenvalue weighted by Gasteiger charge is -2.11. The number of nitrogens with zero attached hydrogens (tertiary/aromatic N) is 1. The van der Waals surface area contributed by atoms with E-state index < -0.39 is 28.3 Å². The Morgan fingerprint density at radius 3 is 2.38 bits per heavy atom. The molecule has 0 fully saturated rings. The maximum absolute atomic E-state index is 12.3. The highest BCUT2D eigenvalue weighted by Crippen LogP contribution is 2.39. The third-order valence-electron chi connectivity index (χ3n) is 5.48. The number of nitrogens with two attached hydrogens (primary N) is 1. The van der Waals surface area contributed by atoms with Gasteiger partial charge in [-0.2, -0.15) is 0 Å². The molecule has 0 aliphatic rings. The second-order valence-electron chi connectivity index (χ2n) is 7.90. The zero-order valence-electron chi connectivity index (χ0n) is 18.2. The van der Waals surface area contributed by atoms with Crippen LogP contribution in [0.2, 0.25) is 0 Å². The van der Waals surface area contributed by atoms with Crippen LogP contribution in [0.4, 0.5) is 0 Å². The number of carboxylic acids is 1. The molecule has 0 bridgehead atoms. The number of ether oxygens (including phenoxy) is 1. The van der Waals surface area contributed by atoms with Crippen molar-refractivity contribution in [1.82, 2.24) is 4.57 Å². The SMILES string of the molecule is CS(=O)(=O)c1cccc(Cn2c3cc(CO)cc(OCC(=O)O)c3c3c(C(N)=O)cccc32)c1. The number of aliphatic hydroxyl groups is 1. The Kier molecular flexibility index (Phi) is 6.03. The summed E-state index contributed by atoms with van der Waals surface area (Å²) in [5, 5.41) is 19.9. The van der Waals surface area contributed by atoms with Gasteiger partial charge in [0.15, 0.2) is 16.4 Å². The molecule has 4 aromatic rings. The summed E-state index contributed by atoms with van der Waals surface area (Å²) >= 11 is 0. The van der Waals surface area contributed by atoms with E-state index in [0.29, 0.717) is 32.9 Å². The van der Waals surface area contributed by atoms with Crippen LogP contribution in [0.1, 0.15) is 21.5 Å². The fourth-order valence-electron chi connectivity index (χ4n) is 4.06. The second kappa shape index (κ2) is 8.81. The highest BCUT2D eigenvalue weighted by molar-refractivity contribution is 7.90. The van der Waals surface area contributed by atoms with Crippen LogP contribution in [0.25, 0.3) is 21.8 Å². The van der Waals surface area contributed by atoms with E-state index in [2.05, 4.69) is 0 Å². The number of amides is 1. The molecular weight excluding hydrogens is 460 g/mol. The highest BCUT2D eigenvalue weighted by atomic mass is 32.2. The van der Waals surface area contributed by atoms with Crippen molar-refractivity contribution < 1.29 is 33.0 Å². The molecule has 1 aromatic heterocycles. The number of aliphatic hydroxyl groups excluding tert-OH is 1. The van der Waals surface area contributed by atoms with Gasteiger partial charge >= 0.3 is 5.97 Å². The summed E-state index contributed by atoms with van der Waals surface area (Å²) in [5.74, 6) is -1.66. The normalized spacial score (nSPS) is 11.7. The summed E-state index contributed by atoms with van der Waals surface area (Å²) in [6.45, 7) is -0.711. The summed E-state index contributed by atoms with van der Waals surface area (Å²) in [7, 11) is -3.42. The summed E-state index contributed by atoms with van der Waals surface area (Å²) < 4.78 is 31.5. The van der Waals surface area contributed by atoms with Gasteiger partial charge in [-0.3, -0.25) is 4.79 Å². The lowest BCUT2D eigenvalue weighted by Crippen LogP contribution is -2.12. The van der Waals surface area contributed by atoms with Gasteiger partial charge in [0.25, 0.3) is 0 Å². The average molecular weight is 483 g/mol. The Morgan fingerprint density at radius 1 is 1.00 bits per heavy atom. The van der Waals surface area contributed by atoms with Crippen molar-refractivity contribution in [3.63, 3.8) is 0 Å². The van der Waals surface area contributed by atoms with Crippen LogP contribution in [-0.4, -0.2) is 47.9 Å². The number of rotatable bonds is 8. The molecule has 176 valence electrons. The number of aliphatic carboxylic acids is 1. The van der Waals surface area contributed by atoms with Gasteiger partial charge in [-0.05, 0) is 47.5 Å². The molecule has 1 heterocycles. The van der Waals surface area contributed by atoms with Crippen molar-refractivity contribution in [2.24, 2.45) is 5.73 Å². The summed E-state index contributed by atoms with van der Waals surface area (Å²) in [5.41, 5.74) is 8.21. The van der Waals surface area contributed by atoms with Gasteiger partial charge in [-0.25, -0.2) is 13.2 Å². The van der Waals surface area contributed by atoms with Crippen LogP contribution in [0.15, 0.2) is 59.5 Å². The van der Waals surface area contributed by atoms with E-state index in [1.807, 2.05) is 4.57 Å². The van der Waals surface area contributed by atoms with Crippen LogP contribution in [0.5, 0.6) is 5.75 Å². The molecule has 4 rings (SSSR count). The van der Waals surface area contributed by atoms with E-state index in [9.17, 15) is 23.1 Å². The molecule has 4 N–H and O–H groups in total. The van der Waals surface area contributed by atoms with Crippen molar-refractivity contribution >= 4 is 43.5 Å². The van der Waals surface area contributed by atoms with Crippen molar-refractivity contribution in [2.45, 2.75) is 18.0 Å². The Labute approximate surface area is 194 Å². The van der Waals surface area contributed by atoms with Gasteiger partial charge in [-0.1, -0.05) is 18.2 Å². The number of primary amides is 1. The molecule has 0 saturated carbocycles. The van der Waals surface area contributed by atoms with Crippen LogP contribution >= 0.6 is 0 Å². The predicted molar refractivity (Wildman–Crippen MR) is 126 cm³/mol. The molecule has 3 aromatic carbocycles. The molecule has 9 nitrogen and oxygen atoms in total. The molecule has 0 aliphatic heterocycles. The van der Waals surface area contributed by atoms with E-state index in [-0.39, 0.29) is 29.4 Å². The second-order valence-corrected chi connectivity index (χ2v) is 9.91. The van der Waals surface area contributed by atoms with Crippen LogP contribution in [0.3, 0.4) is 0 Å². The van der Waals surface area contributed by atoms with E-state index in [1.54, 1.807) is 42.5 Å². The van der Waals surface area contributed by atoms with E-state index in [1.165, 1.54) is 12.1 Å². The minimum Gasteiger partial charge on any atom is -0.481 e. The third kappa shape index (κ3) is 4.33. The van der Waals surface area contributed by atoms with Crippen molar-refractivity contribution in [1.29, 1.82) is 0 Å². The first-order valence-electron chi connectivity index (χ1n) is 10.2. The lowest BCUT2D eigenvalue weighted by atomic mass is 10.0. The summed E-state index contributed by atoms with van der Waals surface area (Å²) in [6.07, 6.45) is 1.13. The minimum atomic E-state index is -3.42. The van der Waals surface area contributed by atoms with Gasteiger partial charge in [0.2, 0.25) is 5.91 Å². The Bertz CT molecular complexity index is 1550. The van der Waals surface area contributed by atoms with Crippen LogP contribution in [-0.2, 0) is 27.8 Å². The summed E-state index contributed by atoms with van der Waals surface area (Å²) in [4.78, 5) is 23.6. The van der Waals surface area contributed by atoms with Gasteiger partial charge in [0.1, 0.15) is 5.75 Å². The first-order chi connectivity index (χ1) is 16.1. The average Bonchev–Trinajstić information content (AvgIpc) is 3.10. The highest BCUT2D eigenvalue weighted by Gasteiger charge is 2.21. The maximum atomic E-state index is 12.3. The van der Waals surface area contributed by atoms with E-state index >= 15 is 0 Å². The first-order valence-corrected chi connectivity index (χ1v) is 12.1. The minimum absolute atomic E-state index is 0.171. The van der Waals surface area contributed by atoms with Gasteiger partial charge < -0.3 is 25.3 Å². The third-order valence-corrected chi connectivity index (χ3v) is 6.59. The molecule has 0 unspecified atom stereocenters. The standard InChI is InChI=1S/C24H22N2O7S/c1-34(31,32)16-5-2-4-14(8-16)11-26-18-7-3-6-17(24(25)30)22(18)23-19(26)9-15(12-27)10-20(23)33-13-21(28)29/h2-10,27H,11-13H2,1H3,(H2,25,30)(H,28,29). The van der Waals surface area contributed by atoms with Crippen molar-refractivity contribution in [3.05, 3.63) is 71.3 Å². The van der Waals surface area contributed by atoms with Gasteiger partial charge in [0.05, 0.1) is 27.9 Å². The Balaban J connectivity index is 2.05. The number of hydrogen-bond acceptors (Lipinski definition) is 6. The van der Waals surface area contributed by atoms with Gasteiger partial charge in [0, 0.05) is 23.8 Å². The number of aromatic nitrogens is 1. The molecule has 0 saturated heterocycles. The number of carbonyl (C=O) groups is 2. The zero-order valence-corrected chi connectivity index (χ0v) is 19.0. The number of sulfone groups is 1. The van der Waals surface area contributed by atoms with Crippen LogP contribution in [0, 0.1) is 0 Å². The first kappa shape index (κ1) is 23.3. The molecule has 0 aliphatic carbocycles. The molecule has 0 radical (unpaired) electrons. The Hall–Kier alpha value is -3.89. The largest absolute Gasteiger partial charge is 0.481 e. The quantitative estimate of drug-likeness (QED) is 0.349. The zero-order chi connectivity index (χ0) is 24.6. The predicted octanol–water partition coefficient (Wildman–Crippen LogP) is 2.30. The number of benzene rings is 3. The van der Waals surface area contributed by atoms with E-state index in [0.717, 1.165) is 6.26 Å². The smallest absolute Gasteiger partial charge is 0.341 e. The Morgan fingerprint density at radius 2 is 1.74 bits per heavy atom. The monoisotopic (exact) mass is 482 g/mol. The van der Waals surface area contributed by atoms with Crippen molar-refractivity contribution in [2.75, 3.05) is 12.9 Å². The van der Waals surface area contributed by atoms with Crippen molar-refractivity contribution in [3.8, 4) is 5.75 Å².